The number of nitrogens with zero attached hydrogens (tertiary/aromatic N) is 3. The highest BCUT2D eigenvalue weighted by molar-refractivity contribution is 5.91. The first-order valence-corrected chi connectivity index (χ1v) is 10.3. The molecule has 0 unspecified atom stereocenters. The van der Waals surface area contributed by atoms with Gasteiger partial charge in [0.25, 0.3) is 5.91 Å². The van der Waals surface area contributed by atoms with Gasteiger partial charge in [0.2, 0.25) is 5.89 Å². The second kappa shape index (κ2) is 9.22. The van der Waals surface area contributed by atoms with E-state index in [2.05, 4.69) is 9.88 Å². The summed E-state index contributed by atoms with van der Waals surface area (Å²) in [5.41, 5.74) is 2.00. The minimum absolute atomic E-state index is 0.184. The van der Waals surface area contributed by atoms with Crippen molar-refractivity contribution < 1.29 is 13.6 Å². The Kier molecular flexibility index (Phi) is 6.23. The van der Waals surface area contributed by atoms with Crippen LogP contribution in [0.15, 0.2) is 65.3 Å². The molecule has 156 valence electrons. The van der Waals surface area contributed by atoms with E-state index in [9.17, 15) is 9.18 Å². The molecule has 3 aromatic rings. The van der Waals surface area contributed by atoms with E-state index in [1.54, 1.807) is 24.1 Å². The van der Waals surface area contributed by atoms with E-state index in [0.717, 1.165) is 12.1 Å². The number of hydrogen-bond acceptors (Lipinski definition) is 4. The van der Waals surface area contributed by atoms with Gasteiger partial charge in [0.1, 0.15) is 12.1 Å². The summed E-state index contributed by atoms with van der Waals surface area (Å²) in [6.07, 6.45) is 3.82. The Labute approximate surface area is 176 Å². The van der Waals surface area contributed by atoms with Crippen LogP contribution in [0.2, 0.25) is 0 Å². The van der Waals surface area contributed by atoms with Gasteiger partial charge in [-0.1, -0.05) is 48.5 Å². The van der Waals surface area contributed by atoms with Crippen LogP contribution < -0.4 is 0 Å². The fourth-order valence-corrected chi connectivity index (χ4v) is 3.52. The number of halogens is 1. The molecule has 1 aromatic heterocycles. The van der Waals surface area contributed by atoms with Crippen LogP contribution in [0.1, 0.15) is 40.3 Å². The van der Waals surface area contributed by atoms with Crippen molar-refractivity contribution in [3.05, 3.63) is 89.4 Å². The lowest BCUT2D eigenvalue weighted by Crippen LogP contribution is -2.27. The summed E-state index contributed by atoms with van der Waals surface area (Å²) in [6, 6.07) is 16.6. The zero-order chi connectivity index (χ0) is 20.9. The minimum Gasteiger partial charge on any atom is -0.447 e. The van der Waals surface area contributed by atoms with E-state index in [-0.39, 0.29) is 11.7 Å². The lowest BCUT2D eigenvalue weighted by molar-refractivity contribution is 0.0779. The quantitative estimate of drug-likeness (QED) is 0.524. The summed E-state index contributed by atoms with van der Waals surface area (Å²) in [6.45, 7) is 2.31. The van der Waals surface area contributed by atoms with Crippen LogP contribution in [0.25, 0.3) is 0 Å². The Bertz CT molecular complexity index is 985. The third kappa shape index (κ3) is 5.33. The fourth-order valence-electron chi connectivity index (χ4n) is 3.52. The molecular formula is C24H26FN3O2. The maximum absolute atomic E-state index is 14.1. The van der Waals surface area contributed by atoms with Crippen molar-refractivity contribution in [3.8, 4) is 0 Å². The molecule has 0 spiro atoms. The molecule has 1 fully saturated rings. The maximum Gasteiger partial charge on any atom is 0.275 e. The molecule has 1 amide bonds. The van der Waals surface area contributed by atoms with Crippen LogP contribution in [-0.2, 0) is 19.6 Å². The first-order valence-electron chi connectivity index (χ1n) is 10.3. The molecule has 1 heterocycles. The summed E-state index contributed by atoms with van der Waals surface area (Å²) in [4.78, 5) is 20.9. The summed E-state index contributed by atoms with van der Waals surface area (Å²) >= 11 is 0. The SMILES string of the molecule is CN(Cc1ccccc1)C(=O)c1coc(CN(Cc2ccccc2F)CC2CC2)n1. The molecule has 1 aliphatic rings. The second-order valence-corrected chi connectivity index (χ2v) is 7.98. The Morgan fingerprint density at radius 3 is 2.53 bits per heavy atom. The molecule has 0 aliphatic heterocycles. The molecule has 1 saturated carbocycles. The number of oxazole rings is 1. The molecule has 2 aromatic carbocycles. The van der Waals surface area contributed by atoms with E-state index in [4.69, 9.17) is 4.42 Å². The Morgan fingerprint density at radius 1 is 1.07 bits per heavy atom. The van der Waals surface area contributed by atoms with E-state index in [1.165, 1.54) is 25.2 Å². The van der Waals surface area contributed by atoms with Crippen LogP contribution in [0.5, 0.6) is 0 Å². The number of amides is 1. The molecule has 0 bridgehead atoms. The molecule has 30 heavy (non-hydrogen) atoms. The van der Waals surface area contributed by atoms with Crippen molar-refractivity contribution in [2.75, 3.05) is 13.6 Å². The molecule has 0 atom stereocenters. The fraction of sp³-hybridized carbons (Fsp3) is 0.333. The third-order valence-electron chi connectivity index (χ3n) is 5.30. The summed E-state index contributed by atoms with van der Waals surface area (Å²) in [5, 5.41) is 0. The van der Waals surface area contributed by atoms with Gasteiger partial charge < -0.3 is 9.32 Å². The lowest BCUT2D eigenvalue weighted by atomic mass is 10.2. The highest BCUT2D eigenvalue weighted by Crippen LogP contribution is 2.31. The predicted molar refractivity (Wildman–Crippen MR) is 112 cm³/mol. The van der Waals surface area contributed by atoms with Crippen molar-refractivity contribution in [1.82, 2.24) is 14.8 Å². The second-order valence-electron chi connectivity index (χ2n) is 7.98. The first-order chi connectivity index (χ1) is 14.6. The van der Waals surface area contributed by atoms with Gasteiger partial charge in [0.05, 0.1) is 6.54 Å². The van der Waals surface area contributed by atoms with Gasteiger partial charge in [0.15, 0.2) is 5.69 Å². The average Bonchev–Trinajstić information content (AvgIpc) is 3.44. The number of aromatic nitrogens is 1. The largest absolute Gasteiger partial charge is 0.447 e. The highest BCUT2D eigenvalue weighted by Gasteiger charge is 2.26. The van der Waals surface area contributed by atoms with Gasteiger partial charge in [-0.25, -0.2) is 9.37 Å². The molecule has 4 rings (SSSR count). The van der Waals surface area contributed by atoms with Crippen molar-refractivity contribution in [3.63, 3.8) is 0 Å². The monoisotopic (exact) mass is 407 g/mol. The standard InChI is InChI=1S/C24H26FN3O2/c1-27(13-18-7-3-2-4-8-18)24(29)22-17-30-23(26-22)16-28(14-19-11-12-19)15-20-9-5-6-10-21(20)25/h2-10,17,19H,11-16H2,1H3. The van der Waals surface area contributed by atoms with Crippen LogP contribution >= 0.6 is 0 Å². The topological polar surface area (TPSA) is 49.6 Å². The van der Waals surface area contributed by atoms with Gasteiger partial charge in [-0.15, -0.1) is 0 Å². The van der Waals surface area contributed by atoms with Crippen LogP contribution in [0, 0.1) is 11.7 Å². The van der Waals surface area contributed by atoms with Crippen molar-refractivity contribution in [1.29, 1.82) is 0 Å². The van der Waals surface area contributed by atoms with Crippen LogP contribution in [0.4, 0.5) is 4.39 Å². The Morgan fingerprint density at radius 2 is 1.80 bits per heavy atom. The summed E-state index contributed by atoms with van der Waals surface area (Å²) < 4.78 is 19.7. The van der Waals surface area contributed by atoms with E-state index in [1.807, 2.05) is 36.4 Å². The maximum atomic E-state index is 14.1. The number of benzene rings is 2. The molecular weight excluding hydrogens is 381 g/mol. The van der Waals surface area contributed by atoms with Gasteiger partial charge in [0, 0.05) is 32.2 Å². The van der Waals surface area contributed by atoms with Gasteiger partial charge in [-0.3, -0.25) is 9.69 Å². The van der Waals surface area contributed by atoms with Gasteiger partial charge in [-0.2, -0.15) is 0 Å². The molecule has 0 N–H and O–H groups in total. The normalized spacial score (nSPS) is 13.6. The zero-order valence-electron chi connectivity index (χ0n) is 17.1. The third-order valence-corrected chi connectivity index (χ3v) is 5.30. The molecule has 5 nitrogen and oxygen atoms in total. The summed E-state index contributed by atoms with van der Waals surface area (Å²) in [5.74, 6) is 0.731. The number of hydrogen-bond donors (Lipinski definition) is 0. The van der Waals surface area contributed by atoms with Crippen LogP contribution in [0.3, 0.4) is 0 Å². The van der Waals surface area contributed by atoms with E-state index >= 15 is 0 Å². The van der Waals surface area contributed by atoms with Gasteiger partial charge >= 0.3 is 0 Å². The van der Waals surface area contributed by atoms with E-state index in [0.29, 0.717) is 42.7 Å². The first kappa shape index (κ1) is 20.3. The molecule has 0 radical (unpaired) electrons. The van der Waals surface area contributed by atoms with Crippen molar-refractivity contribution in [2.24, 2.45) is 5.92 Å². The number of carbonyl (C=O) groups is 1. The number of rotatable bonds is 9. The predicted octanol–water partition coefficient (Wildman–Crippen LogP) is 4.50. The molecule has 1 aliphatic carbocycles. The van der Waals surface area contributed by atoms with Crippen molar-refractivity contribution in [2.45, 2.75) is 32.5 Å². The van der Waals surface area contributed by atoms with Crippen LogP contribution in [-0.4, -0.2) is 34.3 Å². The van der Waals surface area contributed by atoms with Crippen molar-refractivity contribution >= 4 is 5.91 Å². The smallest absolute Gasteiger partial charge is 0.275 e. The average molecular weight is 407 g/mol. The summed E-state index contributed by atoms with van der Waals surface area (Å²) in [7, 11) is 1.75. The van der Waals surface area contributed by atoms with Gasteiger partial charge in [-0.05, 0) is 30.4 Å². The molecule has 0 saturated heterocycles. The molecule has 6 heteroatoms. The Balaban J connectivity index is 1.41. The number of carbonyl (C=O) groups excluding carboxylic acids is 1. The Hall–Kier alpha value is -2.99. The minimum atomic E-state index is -0.205. The highest BCUT2D eigenvalue weighted by atomic mass is 19.1. The lowest BCUT2D eigenvalue weighted by Gasteiger charge is -2.21. The van der Waals surface area contributed by atoms with E-state index < -0.39 is 0 Å². The zero-order valence-corrected chi connectivity index (χ0v) is 17.1.